The standard InChI is InChI=1S/C36H31N9O10S3/c1-18-13-20(3-10-27(18)41-43-29-12-5-23(37)17-26(29)38)21-4-11-28(19(2)14-21)42-44-34-30(57(50,51)52)15-22-16-31(58(53,54)55)35(36(46)32(22)33(34)39)45-40-24-6-8-25(9-7-24)56(47,48)49/h3-17,40H,37-39H2,1-2H3,(H,47,48,49)(H,50,51,52)(H,53,54,55)/b43-41?,44-42?,45-35+. The van der Waals surface area contributed by atoms with E-state index in [1.807, 2.05) is 19.1 Å². The molecule has 19 nitrogen and oxygen atoms in total. The average Bonchev–Trinajstić information content (AvgIpc) is 3.13. The van der Waals surface area contributed by atoms with Gasteiger partial charge in [-0.2, -0.15) is 40.6 Å². The van der Waals surface area contributed by atoms with Gasteiger partial charge < -0.3 is 17.2 Å². The van der Waals surface area contributed by atoms with E-state index in [0.717, 1.165) is 53.1 Å². The van der Waals surface area contributed by atoms with E-state index in [4.69, 9.17) is 17.2 Å². The van der Waals surface area contributed by atoms with Crippen molar-refractivity contribution in [2.24, 2.45) is 25.6 Å². The number of hydrogen-bond donors (Lipinski definition) is 7. The predicted octanol–water partition coefficient (Wildman–Crippen LogP) is 6.93. The van der Waals surface area contributed by atoms with Gasteiger partial charge in [0, 0.05) is 5.69 Å². The number of nitrogen functional groups attached to an aromatic ring is 3. The number of carbonyl (C=O) groups excluding carboxylic acids is 1. The van der Waals surface area contributed by atoms with Crippen LogP contribution in [0.1, 0.15) is 27.0 Å². The molecule has 10 N–H and O–H groups in total. The van der Waals surface area contributed by atoms with Crippen LogP contribution in [0.15, 0.2) is 125 Å². The summed E-state index contributed by atoms with van der Waals surface area (Å²) in [6.07, 6.45) is 0.718. The Morgan fingerprint density at radius 3 is 1.69 bits per heavy atom. The summed E-state index contributed by atoms with van der Waals surface area (Å²) in [6, 6.07) is 20.5. The number of hydrogen-bond acceptors (Lipinski definition) is 16. The van der Waals surface area contributed by atoms with Crippen molar-refractivity contribution < 1.29 is 43.7 Å². The van der Waals surface area contributed by atoms with E-state index >= 15 is 0 Å². The molecule has 0 unspecified atom stereocenters. The number of allylic oxidation sites excluding steroid dienone is 1. The molecular formula is C36H31N9O10S3. The maximum atomic E-state index is 13.8. The molecule has 0 aromatic heterocycles. The van der Waals surface area contributed by atoms with Crippen molar-refractivity contribution in [2.75, 3.05) is 22.6 Å². The summed E-state index contributed by atoms with van der Waals surface area (Å²) in [7, 11) is -14.9. The zero-order valence-corrected chi connectivity index (χ0v) is 32.5. The van der Waals surface area contributed by atoms with E-state index < -0.39 is 79.0 Å². The van der Waals surface area contributed by atoms with E-state index in [1.54, 1.807) is 49.4 Å². The van der Waals surface area contributed by atoms with E-state index in [2.05, 4.69) is 31.0 Å². The van der Waals surface area contributed by atoms with Crippen LogP contribution in [-0.2, 0) is 30.4 Å². The van der Waals surface area contributed by atoms with Crippen LogP contribution >= 0.6 is 0 Å². The molecule has 0 bridgehead atoms. The first-order valence-electron chi connectivity index (χ1n) is 16.4. The number of nitrogens with zero attached hydrogens (tertiary/aromatic N) is 5. The summed E-state index contributed by atoms with van der Waals surface area (Å²) in [4.78, 5) is 11.3. The number of Topliss-reactive ketones (excluding diaryl/α,β-unsaturated/α-hetero) is 1. The number of azo groups is 2. The third-order valence-corrected chi connectivity index (χ3v) is 11.2. The second-order valence-corrected chi connectivity index (χ2v) is 16.9. The van der Waals surface area contributed by atoms with Gasteiger partial charge in [-0.1, -0.05) is 12.1 Å². The number of hydrazone groups is 1. The Morgan fingerprint density at radius 2 is 1.17 bits per heavy atom. The smallest absolute Gasteiger partial charge is 0.296 e. The minimum absolute atomic E-state index is 0.0220. The molecule has 0 saturated heterocycles. The maximum Gasteiger partial charge on any atom is 0.296 e. The summed E-state index contributed by atoms with van der Waals surface area (Å²) in [5.41, 5.74) is 22.5. The fourth-order valence-electron chi connectivity index (χ4n) is 5.69. The first-order valence-corrected chi connectivity index (χ1v) is 20.7. The van der Waals surface area contributed by atoms with Crippen molar-refractivity contribution in [3.05, 3.63) is 112 Å². The molecule has 58 heavy (non-hydrogen) atoms. The lowest BCUT2D eigenvalue weighted by Gasteiger charge is -2.20. The molecule has 298 valence electrons. The number of aryl methyl sites for hydroxylation is 2. The molecule has 0 atom stereocenters. The monoisotopic (exact) mass is 845 g/mol. The summed E-state index contributed by atoms with van der Waals surface area (Å²) in [6.45, 7) is 3.57. The van der Waals surface area contributed by atoms with Crippen molar-refractivity contribution >= 4 is 93.4 Å². The quantitative estimate of drug-likeness (QED) is 0.0324. The molecule has 0 amide bonds. The molecule has 0 heterocycles. The van der Waals surface area contributed by atoms with E-state index in [9.17, 15) is 43.7 Å². The topological polar surface area (TPSA) is 332 Å². The molecule has 0 fully saturated rings. The molecule has 0 saturated carbocycles. The molecular weight excluding hydrogens is 815 g/mol. The van der Waals surface area contributed by atoms with Crippen molar-refractivity contribution in [2.45, 2.75) is 23.6 Å². The van der Waals surface area contributed by atoms with Crippen LogP contribution in [0, 0.1) is 13.8 Å². The van der Waals surface area contributed by atoms with Gasteiger partial charge in [0.05, 0.1) is 38.9 Å². The van der Waals surface area contributed by atoms with Gasteiger partial charge in [0.25, 0.3) is 30.4 Å². The van der Waals surface area contributed by atoms with Crippen LogP contribution in [0.3, 0.4) is 0 Å². The lowest BCUT2D eigenvalue weighted by atomic mass is 9.92. The van der Waals surface area contributed by atoms with Gasteiger partial charge in [0.15, 0.2) is 5.71 Å². The van der Waals surface area contributed by atoms with Gasteiger partial charge in [-0.25, -0.2) is 0 Å². The van der Waals surface area contributed by atoms with Gasteiger partial charge in [-0.15, -0.1) is 10.2 Å². The molecule has 5 aromatic carbocycles. The Balaban J connectivity index is 1.33. The molecule has 6 rings (SSSR count). The summed E-state index contributed by atoms with van der Waals surface area (Å²) in [5.74, 6) is -1.21. The highest BCUT2D eigenvalue weighted by Crippen LogP contribution is 2.41. The number of carbonyl (C=O) groups is 1. The van der Waals surface area contributed by atoms with Gasteiger partial charge >= 0.3 is 0 Å². The molecule has 1 aliphatic rings. The first-order chi connectivity index (χ1) is 27.1. The van der Waals surface area contributed by atoms with Gasteiger partial charge in [0.2, 0.25) is 5.78 Å². The number of rotatable bonds is 10. The summed E-state index contributed by atoms with van der Waals surface area (Å²) >= 11 is 0. The Bertz CT molecular complexity index is 3020. The highest BCUT2D eigenvalue weighted by atomic mass is 32.2. The minimum Gasteiger partial charge on any atom is -0.399 e. The number of fused-ring (bicyclic) bond motifs is 1. The largest absolute Gasteiger partial charge is 0.399 e. The SMILES string of the molecule is Cc1cc(-c2ccc(N=Nc3c(S(=O)(=O)O)cc4c(c3N)C(=O)/C(=N/Nc3ccc(S(=O)(=O)O)cc3)C(S(=O)(=O)O)=C4)c(C)c2)ccc1N=Nc1ccc(N)cc1N. The fraction of sp³-hybridized carbons (Fsp3) is 0.0556. The Hall–Kier alpha value is -6.69. The number of ketones is 1. The second-order valence-electron chi connectivity index (χ2n) is 12.7. The third kappa shape index (κ3) is 8.66. The molecule has 22 heteroatoms. The maximum absolute atomic E-state index is 13.8. The van der Waals surface area contributed by atoms with Gasteiger partial charge in [-0.3, -0.25) is 23.9 Å². The highest BCUT2D eigenvalue weighted by Gasteiger charge is 2.37. The van der Waals surface area contributed by atoms with Gasteiger partial charge in [-0.05, 0) is 121 Å². The minimum atomic E-state index is -5.20. The second kappa shape index (κ2) is 15.3. The Labute approximate surface area is 331 Å². The first kappa shape index (κ1) is 41.0. The average molecular weight is 846 g/mol. The van der Waals surface area contributed by atoms with E-state index in [0.29, 0.717) is 28.3 Å². The Morgan fingerprint density at radius 1 is 0.621 bits per heavy atom. The van der Waals surface area contributed by atoms with Crippen molar-refractivity contribution in [3.8, 4) is 11.1 Å². The van der Waals surface area contributed by atoms with Crippen LogP contribution in [0.2, 0.25) is 0 Å². The Kier molecular flexibility index (Phi) is 10.8. The fourth-order valence-corrected chi connectivity index (χ4v) is 7.50. The highest BCUT2D eigenvalue weighted by molar-refractivity contribution is 7.91. The number of nitrogens with one attached hydrogen (secondary N) is 1. The van der Waals surface area contributed by atoms with Crippen molar-refractivity contribution in [1.82, 2.24) is 0 Å². The summed E-state index contributed by atoms with van der Waals surface area (Å²) < 4.78 is 102. The number of benzene rings is 5. The van der Waals surface area contributed by atoms with E-state index in [1.165, 1.54) is 0 Å². The number of nitrogens with two attached hydrogens (primary N) is 3. The molecule has 5 aromatic rings. The number of anilines is 4. The van der Waals surface area contributed by atoms with E-state index in [-0.39, 0.29) is 11.4 Å². The zero-order chi connectivity index (χ0) is 42.3. The molecule has 0 aliphatic heterocycles. The van der Waals surface area contributed by atoms with Crippen molar-refractivity contribution in [3.63, 3.8) is 0 Å². The van der Waals surface area contributed by atoms with Crippen LogP contribution in [-0.4, -0.2) is 50.4 Å². The molecule has 0 spiro atoms. The summed E-state index contributed by atoms with van der Waals surface area (Å²) in [5, 5.41) is 20.5. The molecule has 1 aliphatic carbocycles. The lowest BCUT2D eigenvalue weighted by Crippen LogP contribution is -2.28. The van der Waals surface area contributed by atoms with Gasteiger partial charge in [0.1, 0.15) is 21.2 Å². The third-order valence-electron chi connectivity index (χ3n) is 8.60. The normalized spacial score (nSPS) is 14.3. The predicted molar refractivity (Wildman–Crippen MR) is 217 cm³/mol. The lowest BCUT2D eigenvalue weighted by molar-refractivity contribution is 0.106. The van der Waals surface area contributed by atoms with Crippen molar-refractivity contribution in [1.29, 1.82) is 0 Å². The molecule has 0 radical (unpaired) electrons. The van der Waals surface area contributed by atoms with Crippen LogP contribution < -0.4 is 22.6 Å². The van der Waals surface area contributed by atoms with Crippen LogP contribution in [0.5, 0.6) is 0 Å². The van der Waals surface area contributed by atoms with Crippen LogP contribution in [0.25, 0.3) is 17.2 Å². The van der Waals surface area contributed by atoms with Crippen LogP contribution in [0.4, 0.5) is 45.5 Å². The zero-order valence-electron chi connectivity index (χ0n) is 30.1.